The van der Waals surface area contributed by atoms with Gasteiger partial charge < -0.3 is 19.4 Å². The van der Waals surface area contributed by atoms with Crippen molar-refractivity contribution < 1.29 is 33.5 Å². The molecular formula is C47H65N5O7S. The maximum atomic E-state index is 12.4. The minimum Gasteiger partial charge on any atom is -0.449 e. The Kier molecular flexibility index (Phi) is 24.6. The molecule has 60 heavy (non-hydrogen) atoms. The Morgan fingerprint density at radius 1 is 0.767 bits per heavy atom. The molecule has 0 aliphatic heterocycles. The van der Waals surface area contributed by atoms with E-state index in [-0.39, 0.29) is 67.6 Å². The first-order chi connectivity index (χ1) is 27.3. The second-order valence-corrected chi connectivity index (χ2v) is 15.7. The highest BCUT2D eigenvalue weighted by molar-refractivity contribution is 7.09. The van der Waals surface area contributed by atoms with Gasteiger partial charge in [0, 0.05) is 54.8 Å². The van der Waals surface area contributed by atoms with E-state index in [9.17, 15) is 29.1 Å². The van der Waals surface area contributed by atoms with Crippen LogP contribution < -0.4 is 5.32 Å². The molecule has 2 unspecified atom stereocenters. The summed E-state index contributed by atoms with van der Waals surface area (Å²) in [7, 11) is 1.90. The Morgan fingerprint density at radius 2 is 1.32 bits per heavy atom. The number of aryl methyl sites for hydroxylation is 3. The number of Topliss-reactive ketones (excluding diaryl/α,β-unsaturated/α-hetero) is 3. The van der Waals surface area contributed by atoms with Crippen molar-refractivity contribution in [3.63, 3.8) is 0 Å². The number of ketones is 4. The number of imidazole rings is 1. The number of aromatic nitrogens is 4. The largest absolute Gasteiger partial charge is 0.449 e. The van der Waals surface area contributed by atoms with Gasteiger partial charge in [-0.15, -0.1) is 11.3 Å². The van der Waals surface area contributed by atoms with Crippen LogP contribution in [0.4, 0.5) is 0 Å². The van der Waals surface area contributed by atoms with E-state index in [0.717, 1.165) is 10.7 Å². The number of carbonyl (C=O) groups excluding carboxylic acids is 5. The second-order valence-electron chi connectivity index (χ2n) is 14.6. The molecule has 0 radical (unpaired) electrons. The molecule has 3 aromatic heterocycles. The van der Waals surface area contributed by atoms with Gasteiger partial charge in [-0.3, -0.25) is 24.0 Å². The average Bonchev–Trinajstić information content (AvgIpc) is 3.96. The van der Waals surface area contributed by atoms with Gasteiger partial charge in [0.2, 0.25) is 0 Å². The molecule has 0 fully saturated rings. The van der Waals surface area contributed by atoms with Crippen molar-refractivity contribution in [3.05, 3.63) is 130 Å². The number of benzene rings is 2. The lowest BCUT2D eigenvalue weighted by Gasteiger charge is -2.25. The number of thiazole rings is 1. The Hall–Kier alpha value is -5.66. The predicted octanol–water partition coefficient (Wildman–Crippen LogP) is 9.79. The Morgan fingerprint density at radius 3 is 1.75 bits per heavy atom. The number of carbonyl (C=O) groups is 5. The first kappa shape index (κ1) is 54.3. The first-order valence-electron chi connectivity index (χ1n) is 19.1. The molecule has 2 atom stereocenters. The van der Waals surface area contributed by atoms with Crippen LogP contribution in [0, 0.1) is 37.5 Å². The Bertz CT molecular complexity index is 2020. The summed E-state index contributed by atoms with van der Waals surface area (Å²) >= 11 is 1.52. The van der Waals surface area contributed by atoms with Crippen LogP contribution in [0.3, 0.4) is 0 Å². The number of aliphatic hydroxyl groups excluding tert-OH is 1. The summed E-state index contributed by atoms with van der Waals surface area (Å²) in [5.41, 5.74) is 3.03. The summed E-state index contributed by atoms with van der Waals surface area (Å²) in [5.74, 6) is -0.0149. The van der Waals surface area contributed by atoms with E-state index in [1.807, 2.05) is 95.9 Å². The summed E-state index contributed by atoms with van der Waals surface area (Å²) in [6, 6.07) is 17.0. The topological polar surface area (TPSA) is 174 Å². The fraction of sp³-hybridized carbons (Fsp3) is 0.404. The summed E-state index contributed by atoms with van der Waals surface area (Å²) in [6.45, 7) is 18.3. The molecule has 2 aromatic carbocycles. The first-order valence-corrected chi connectivity index (χ1v) is 19.9. The smallest absolute Gasteiger partial charge is 0.251 e. The van der Waals surface area contributed by atoms with Gasteiger partial charge in [0.15, 0.2) is 29.0 Å². The number of hydrogen-bond donors (Lipinski definition) is 2. The number of allylic oxidation sites excluding steroid dienone is 1. The average molecular weight is 844 g/mol. The van der Waals surface area contributed by atoms with Crippen molar-refractivity contribution in [3.8, 4) is 0 Å². The van der Waals surface area contributed by atoms with E-state index in [4.69, 9.17) is 4.42 Å². The highest BCUT2D eigenvalue weighted by Crippen LogP contribution is 2.21. The van der Waals surface area contributed by atoms with Gasteiger partial charge in [-0.25, -0.2) is 15.0 Å². The van der Waals surface area contributed by atoms with Crippen LogP contribution >= 0.6 is 11.3 Å². The van der Waals surface area contributed by atoms with E-state index >= 15 is 0 Å². The van der Waals surface area contributed by atoms with E-state index in [2.05, 4.69) is 20.3 Å². The molecule has 0 aliphatic carbocycles. The van der Waals surface area contributed by atoms with Gasteiger partial charge in [-0.05, 0) is 36.8 Å². The van der Waals surface area contributed by atoms with Crippen LogP contribution in [0.2, 0.25) is 0 Å². The van der Waals surface area contributed by atoms with Crippen molar-refractivity contribution in [2.75, 3.05) is 0 Å². The number of oxazole rings is 1. The predicted molar refractivity (Wildman–Crippen MR) is 241 cm³/mol. The maximum absolute atomic E-state index is 12.4. The molecule has 2 N–H and O–H groups in total. The maximum Gasteiger partial charge on any atom is 0.251 e. The van der Waals surface area contributed by atoms with Gasteiger partial charge in [0.05, 0.1) is 23.1 Å². The summed E-state index contributed by atoms with van der Waals surface area (Å²) in [5, 5.41) is 16.0. The van der Waals surface area contributed by atoms with Crippen LogP contribution in [0.1, 0.15) is 130 Å². The zero-order valence-corrected chi connectivity index (χ0v) is 36.1. The quantitative estimate of drug-likeness (QED) is 0.0858. The fourth-order valence-corrected chi connectivity index (χ4v) is 5.35. The molecule has 326 valence electrons. The summed E-state index contributed by atoms with van der Waals surface area (Å²) in [6.07, 6.45) is 7.00. The molecule has 12 nitrogen and oxygen atoms in total. The number of nitrogens with one attached hydrogen (secondary N) is 1. The van der Waals surface area contributed by atoms with Gasteiger partial charge >= 0.3 is 0 Å². The van der Waals surface area contributed by atoms with Crippen LogP contribution in [0.15, 0.2) is 95.3 Å². The van der Waals surface area contributed by atoms with Gasteiger partial charge in [0.25, 0.3) is 5.91 Å². The zero-order chi connectivity index (χ0) is 43.5. The van der Waals surface area contributed by atoms with Crippen molar-refractivity contribution in [2.24, 2.45) is 30.7 Å². The normalized spacial score (nSPS) is 11.5. The van der Waals surface area contributed by atoms with Crippen LogP contribution in [-0.2, 0) is 16.6 Å². The molecule has 3 heterocycles. The van der Waals surface area contributed by atoms with Crippen LogP contribution in [0.25, 0.3) is 6.08 Å². The molecule has 0 aliphatic rings. The summed E-state index contributed by atoms with van der Waals surface area (Å²) in [4.78, 5) is 70.4. The standard InChI is InChI=1S/C19H21NO3.C10H14N2O.C8H11NO2.C8H11NOS.2CH4/c1-13(2)17(21)18(22)16(14-9-5-3-6-10-14)20-19(23)15-11-7-4-8-12-15;1-8(2)10(13)5-4-9-6-12(3)7-11-9;2*1-5(2)8(10)7-4-11-6(3)9-7;;/h3-13,16,18,22H,1-2H3,(H,20,23);4-8H,1-3H3;2*4-5H,1-3H3;2*1H4/b;5-4+;;;;. The van der Waals surface area contributed by atoms with Gasteiger partial charge in [-0.1, -0.05) is 119 Å². The van der Waals surface area contributed by atoms with Crippen molar-refractivity contribution in [1.82, 2.24) is 24.8 Å². The minimum absolute atomic E-state index is 0. The van der Waals surface area contributed by atoms with E-state index in [0.29, 0.717) is 28.4 Å². The Labute approximate surface area is 360 Å². The molecular weight excluding hydrogens is 779 g/mol. The number of amides is 1. The fourth-order valence-electron chi connectivity index (χ4n) is 4.75. The molecule has 5 rings (SSSR count). The van der Waals surface area contributed by atoms with Crippen molar-refractivity contribution in [2.45, 2.75) is 96.2 Å². The highest BCUT2D eigenvalue weighted by Gasteiger charge is 2.30. The van der Waals surface area contributed by atoms with Crippen LogP contribution in [0.5, 0.6) is 0 Å². The van der Waals surface area contributed by atoms with E-state index in [1.165, 1.54) is 17.6 Å². The molecule has 0 spiro atoms. The molecule has 0 bridgehead atoms. The minimum atomic E-state index is -1.29. The molecule has 0 saturated heterocycles. The molecule has 0 saturated carbocycles. The number of nitrogens with zero attached hydrogens (tertiary/aromatic N) is 4. The van der Waals surface area contributed by atoms with E-state index in [1.54, 1.807) is 75.6 Å². The lowest BCUT2D eigenvalue weighted by molar-refractivity contribution is -0.131. The van der Waals surface area contributed by atoms with E-state index < -0.39 is 12.1 Å². The van der Waals surface area contributed by atoms with Crippen molar-refractivity contribution >= 4 is 46.5 Å². The second kappa shape index (κ2) is 27.2. The molecule has 13 heteroatoms. The van der Waals surface area contributed by atoms with Gasteiger partial charge in [-0.2, -0.15) is 0 Å². The lowest BCUT2D eigenvalue weighted by atomic mass is 9.93. The van der Waals surface area contributed by atoms with Crippen molar-refractivity contribution in [1.29, 1.82) is 0 Å². The van der Waals surface area contributed by atoms with Gasteiger partial charge in [0.1, 0.15) is 23.8 Å². The third kappa shape index (κ3) is 18.5. The summed E-state index contributed by atoms with van der Waals surface area (Å²) < 4.78 is 6.75. The van der Waals surface area contributed by atoms with Crippen LogP contribution in [-0.4, -0.2) is 59.8 Å². The number of hydrogen-bond acceptors (Lipinski definition) is 11. The monoisotopic (exact) mass is 843 g/mol. The number of aliphatic hydroxyl groups is 1. The highest BCUT2D eigenvalue weighted by atomic mass is 32.1. The third-order valence-electron chi connectivity index (χ3n) is 8.16. The molecule has 5 aromatic rings. The molecule has 1 amide bonds. The SMILES string of the molecule is C.C.CC(C)C(=O)/C=C/c1cn(C)cn1.CC(C)C(=O)C(O)C(NC(=O)c1ccccc1)c1ccccc1.Cc1nc(C(=O)C(C)C)co1.Cc1nc(C(=O)C(C)C)cs1. The number of rotatable bonds is 13. The zero-order valence-electron chi connectivity index (χ0n) is 35.3. The lowest BCUT2D eigenvalue weighted by Crippen LogP contribution is -2.41. The third-order valence-corrected chi connectivity index (χ3v) is 8.93. The Balaban J connectivity index is 0.000000811.